The third kappa shape index (κ3) is 4.75. The van der Waals surface area contributed by atoms with Gasteiger partial charge in [0.1, 0.15) is 11.6 Å². The Balaban J connectivity index is 2.03. The normalized spacial score (nSPS) is 13.0. The van der Waals surface area contributed by atoms with E-state index in [1.165, 1.54) is 36.4 Å². The zero-order valence-electron chi connectivity index (χ0n) is 10.9. The van der Waals surface area contributed by atoms with Gasteiger partial charge in [-0.15, -0.1) is 13.2 Å². The number of nitrogens with two attached hydrogens (primary N) is 1. The van der Waals surface area contributed by atoms with Crippen LogP contribution in [0, 0.1) is 5.82 Å². The van der Waals surface area contributed by atoms with Gasteiger partial charge in [-0.3, -0.25) is 0 Å². The standard InChI is InChI=1S/C15H13F4NO/c16-12-3-1-2-11(9-12)14(20)8-10-4-6-13(7-5-10)21-15(17,18)19/h1-7,9,14H,8,20H2. The molecule has 0 aromatic heterocycles. The molecule has 2 aromatic rings. The van der Waals surface area contributed by atoms with Crippen LogP contribution in [0.2, 0.25) is 0 Å². The van der Waals surface area contributed by atoms with E-state index in [4.69, 9.17) is 5.73 Å². The highest BCUT2D eigenvalue weighted by Gasteiger charge is 2.30. The van der Waals surface area contributed by atoms with E-state index in [-0.39, 0.29) is 11.6 Å². The van der Waals surface area contributed by atoms with Crippen LogP contribution in [0.1, 0.15) is 17.2 Å². The Morgan fingerprint density at radius 3 is 2.29 bits per heavy atom. The summed E-state index contributed by atoms with van der Waals surface area (Å²) in [5.41, 5.74) is 7.33. The highest BCUT2D eigenvalue weighted by molar-refractivity contribution is 5.29. The van der Waals surface area contributed by atoms with Crippen LogP contribution < -0.4 is 10.5 Å². The summed E-state index contributed by atoms with van der Waals surface area (Å²) in [6.07, 6.45) is -4.32. The molecule has 0 amide bonds. The Morgan fingerprint density at radius 2 is 1.71 bits per heavy atom. The molecule has 6 heteroatoms. The van der Waals surface area contributed by atoms with Gasteiger partial charge in [0.25, 0.3) is 0 Å². The molecule has 0 spiro atoms. The summed E-state index contributed by atoms with van der Waals surface area (Å²) in [4.78, 5) is 0. The first-order valence-electron chi connectivity index (χ1n) is 6.19. The number of alkyl halides is 3. The molecule has 21 heavy (non-hydrogen) atoms. The van der Waals surface area contributed by atoms with Crippen LogP contribution in [-0.2, 0) is 6.42 Å². The van der Waals surface area contributed by atoms with E-state index >= 15 is 0 Å². The quantitative estimate of drug-likeness (QED) is 0.867. The van der Waals surface area contributed by atoms with Crippen molar-refractivity contribution in [2.45, 2.75) is 18.8 Å². The van der Waals surface area contributed by atoms with Crippen LogP contribution in [0.25, 0.3) is 0 Å². The van der Waals surface area contributed by atoms with Crippen molar-refractivity contribution in [2.75, 3.05) is 0 Å². The number of ether oxygens (including phenoxy) is 1. The summed E-state index contributed by atoms with van der Waals surface area (Å²) >= 11 is 0. The van der Waals surface area contributed by atoms with E-state index in [1.54, 1.807) is 12.1 Å². The summed E-state index contributed by atoms with van der Waals surface area (Å²) in [6.45, 7) is 0. The number of benzene rings is 2. The van der Waals surface area contributed by atoms with Gasteiger partial charge in [0.05, 0.1) is 0 Å². The van der Waals surface area contributed by atoms with Gasteiger partial charge in [0.15, 0.2) is 0 Å². The Labute approximate surface area is 119 Å². The van der Waals surface area contributed by atoms with Crippen molar-refractivity contribution in [3.8, 4) is 5.75 Å². The van der Waals surface area contributed by atoms with E-state index in [0.717, 1.165) is 5.56 Å². The van der Waals surface area contributed by atoms with Gasteiger partial charge in [-0.2, -0.15) is 0 Å². The van der Waals surface area contributed by atoms with Gasteiger partial charge in [-0.25, -0.2) is 4.39 Å². The van der Waals surface area contributed by atoms with Crippen molar-refractivity contribution in [3.63, 3.8) is 0 Å². The molecule has 0 saturated heterocycles. The van der Waals surface area contributed by atoms with Crippen molar-refractivity contribution >= 4 is 0 Å². The third-order valence-electron chi connectivity index (χ3n) is 2.89. The Morgan fingerprint density at radius 1 is 1.05 bits per heavy atom. The molecular formula is C15H13F4NO. The first-order chi connectivity index (χ1) is 9.83. The fourth-order valence-corrected chi connectivity index (χ4v) is 1.94. The van der Waals surface area contributed by atoms with Crippen molar-refractivity contribution in [1.29, 1.82) is 0 Å². The molecule has 0 bridgehead atoms. The van der Waals surface area contributed by atoms with Gasteiger partial charge in [-0.05, 0) is 41.8 Å². The summed E-state index contributed by atoms with van der Waals surface area (Å²) in [5.74, 6) is -0.664. The molecule has 112 valence electrons. The lowest BCUT2D eigenvalue weighted by atomic mass is 9.99. The van der Waals surface area contributed by atoms with Gasteiger partial charge in [0, 0.05) is 6.04 Å². The highest BCUT2D eigenvalue weighted by Crippen LogP contribution is 2.24. The van der Waals surface area contributed by atoms with Gasteiger partial charge in [-0.1, -0.05) is 24.3 Å². The summed E-state index contributed by atoms with van der Waals surface area (Å²) in [5, 5.41) is 0. The topological polar surface area (TPSA) is 35.2 Å². The Bertz CT molecular complexity index is 595. The molecule has 0 aliphatic heterocycles. The van der Waals surface area contributed by atoms with Crippen LogP contribution in [-0.4, -0.2) is 6.36 Å². The SMILES string of the molecule is NC(Cc1ccc(OC(F)(F)F)cc1)c1cccc(F)c1. The molecule has 2 nitrogen and oxygen atoms in total. The monoisotopic (exact) mass is 299 g/mol. The van der Waals surface area contributed by atoms with Crippen molar-refractivity contribution < 1.29 is 22.3 Å². The lowest BCUT2D eigenvalue weighted by Crippen LogP contribution is -2.17. The molecule has 0 fully saturated rings. The van der Waals surface area contributed by atoms with Gasteiger partial charge >= 0.3 is 6.36 Å². The number of rotatable bonds is 4. The lowest BCUT2D eigenvalue weighted by molar-refractivity contribution is -0.274. The van der Waals surface area contributed by atoms with Crippen molar-refractivity contribution in [3.05, 3.63) is 65.5 Å². The average Bonchev–Trinajstić information content (AvgIpc) is 2.39. The molecule has 2 aromatic carbocycles. The summed E-state index contributed by atoms with van der Waals surface area (Å²) in [6, 6.07) is 10.9. The first kappa shape index (κ1) is 15.3. The minimum Gasteiger partial charge on any atom is -0.406 e. The minimum atomic E-state index is -4.71. The summed E-state index contributed by atoms with van der Waals surface area (Å²) in [7, 11) is 0. The molecule has 1 unspecified atom stereocenters. The van der Waals surface area contributed by atoms with Gasteiger partial charge in [0.2, 0.25) is 0 Å². The number of hydrogen-bond donors (Lipinski definition) is 1. The van der Waals surface area contributed by atoms with E-state index in [0.29, 0.717) is 12.0 Å². The van der Waals surface area contributed by atoms with Gasteiger partial charge < -0.3 is 10.5 Å². The predicted octanol–water partition coefficient (Wildman–Crippen LogP) is 3.97. The third-order valence-corrected chi connectivity index (χ3v) is 2.89. The molecule has 0 aliphatic rings. The maximum atomic E-state index is 13.1. The van der Waals surface area contributed by atoms with Crippen molar-refractivity contribution in [2.24, 2.45) is 5.73 Å². The number of halogens is 4. The maximum Gasteiger partial charge on any atom is 0.573 e. The second-order valence-electron chi connectivity index (χ2n) is 4.56. The smallest absolute Gasteiger partial charge is 0.406 e. The fourth-order valence-electron chi connectivity index (χ4n) is 1.94. The van der Waals surface area contributed by atoms with Crippen LogP contribution in [0.15, 0.2) is 48.5 Å². The number of hydrogen-bond acceptors (Lipinski definition) is 2. The molecule has 0 saturated carbocycles. The highest BCUT2D eigenvalue weighted by atomic mass is 19.4. The van der Waals surface area contributed by atoms with Crippen LogP contribution >= 0.6 is 0 Å². The van der Waals surface area contributed by atoms with Crippen molar-refractivity contribution in [1.82, 2.24) is 0 Å². The molecule has 1 atom stereocenters. The van der Waals surface area contributed by atoms with E-state index in [1.807, 2.05) is 0 Å². The maximum absolute atomic E-state index is 13.1. The molecule has 2 rings (SSSR count). The minimum absolute atomic E-state index is 0.287. The molecular weight excluding hydrogens is 286 g/mol. The van der Waals surface area contributed by atoms with Crippen LogP contribution in [0.5, 0.6) is 5.75 Å². The zero-order valence-corrected chi connectivity index (χ0v) is 10.9. The molecule has 2 N–H and O–H groups in total. The first-order valence-corrected chi connectivity index (χ1v) is 6.19. The predicted molar refractivity (Wildman–Crippen MR) is 70.2 cm³/mol. The van der Waals surface area contributed by atoms with E-state index in [9.17, 15) is 17.6 Å². The zero-order chi connectivity index (χ0) is 15.5. The second-order valence-corrected chi connectivity index (χ2v) is 4.56. The second kappa shape index (κ2) is 6.13. The average molecular weight is 299 g/mol. The van der Waals surface area contributed by atoms with E-state index < -0.39 is 12.4 Å². The summed E-state index contributed by atoms with van der Waals surface area (Å²) < 4.78 is 53.0. The molecule has 0 heterocycles. The Kier molecular flexibility index (Phi) is 4.47. The van der Waals surface area contributed by atoms with Crippen LogP contribution in [0.3, 0.4) is 0 Å². The Hall–Kier alpha value is -2.08. The fraction of sp³-hybridized carbons (Fsp3) is 0.200. The molecule has 0 radical (unpaired) electrons. The van der Waals surface area contributed by atoms with E-state index in [2.05, 4.69) is 4.74 Å². The van der Waals surface area contributed by atoms with Crippen LogP contribution in [0.4, 0.5) is 17.6 Å². The molecule has 0 aliphatic carbocycles. The lowest BCUT2D eigenvalue weighted by Gasteiger charge is -2.13. The largest absolute Gasteiger partial charge is 0.573 e.